The minimum absolute atomic E-state index is 0.153. The van der Waals surface area contributed by atoms with Gasteiger partial charge in [0, 0.05) is 18.2 Å². The Hall–Kier alpha value is -1.26. The molecule has 0 heterocycles. The van der Waals surface area contributed by atoms with Gasteiger partial charge < -0.3 is 5.32 Å². The lowest BCUT2D eigenvalue weighted by Gasteiger charge is -2.05. The number of allylic oxidation sites excluding steroid dienone is 1. The van der Waals surface area contributed by atoms with Crippen molar-refractivity contribution in [2.75, 3.05) is 6.54 Å². The van der Waals surface area contributed by atoms with Crippen LogP contribution >= 0.6 is 0 Å². The monoisotopic (exact) mass is 193 g/mol. The fraction of sp³-hybridized carbons (Fsp3) is 0.375. The van der Waals surface area contributed by atoms with Gasteiger partial charge >= 0.3 is 6.18 Å². The molecule has 0 aromatic rings. The minimum Gasteiger partial charge on any atom is -0.349 e. The summed E-state index contributed by atoms with van der Waals surface area (Å²) >= 11 is 0. The Labute approximate surface area is 74.1 Å². The summed E-state index contributed by atoms with van der Waals surface area (Å²) in [6.07, 6.45) is -2.54. The predicted molar refractivity (Wildman–Crippen MR) is 43.0 cm³/mol. The molecule has 0 radical (unpaired) electrons. The van der Waals surface area contributed by atoms with Crippen LogP contribution in [0.25, 0.3) is 0 Å². The van der Waals surface area contributed by atoms with Crippen molar-refractivity contribution in [2.45, 2.75) is 13.1 Å². The molecule has 0 rings (SSSR count). The number of nitrogens with one attached hydrogen (secondary N) is 1. The Morgan fingerprint density at radius 1 is 1.54 bits per heavy atom. The van der Waals surface area contributed by atoms with E-state index < -0.39 is 17.7 Å². The molecule has 1 N–H and O–H groups in total. The summed E-state index contributed by atoms with van der Waals surface area (Å²) in [5.74, 6) is -0.769. The van der Waals surface area contributed by atoms with Gasteiger partial charge in [-0.05, 0) is 6.92 Å². The Kier molecular flexibility index (Phi) is 4.23. The zero-order chi connectivity index (χ0) is 10.5. The third kappa shape index (κ3) is 5.05. The fourth-order valence-corrected chi connectivity index (χ4v) is 0.502. The molecule has 0 spiro atoms. The van der Waals surface area contributed by atoms with Gasteiger partial charge in [0.2, 0.25) is 5.91 Å². The highest BCUT2D eigenvalue weighted by molar-refractivity contribution is 5.88. The smallest absolute Gasteiger partial charge is 0.349 e. The van der Waals surface area contributed by atoms with Gasteiger partial charge in [-0.15, -0.1) is 6.58 Å². The van der Waals surface area contributed by atoms with Crippen molar-refractivity contribution < 1.29 is 18.0 Å². The number of amides is 1. The fourth-order valence-electron chi connectivity index (χ4n) is 0.502. The van der Waals surface area contributed by atoms with E-state index in [-0.39, 0.29) is 6.54 Å². The highest BCUT2D eigenvalue weighted by Gasteiger charge is 2.30. The molecule has 0 unspecified atom stereocenters. The van der Waals surface area contributed by atoms with Crippen LogP contribution in [0.2, 0.25) is 0 Å². The maximum atomic E-state index is 11.9. The van der Waals surface area contributed by atoms with Crippen LogP contribution in [0.4, 0.5) is 13.2 Å². The third-order valence-electron chi connectivity index (χ3n) is 1.22. The van der Waals surface area contributed by atoms with Crippen molar-refractivity contribution in [1.29, 1.82) is 0 Å². The average molecular weight is 193 g/mol. The Morgan fingerprint density at radius 3 is 2.46 bits per heavy atom. The molecule has 0 aromatic heterocycles. The van der Waals surface area contributed by atoms with E-state index in [1.165, 1.54) is 6.08 Å². The van der Waals surface area contributed by atoms with E-state index in [2.05, 4.69) is 11.9 Å². The maximum absolute atomic E-state index is 11.9. The molecule has 0 saturated carbocycles. The number of hydrogen-bond donors (Lipinski definition) is 1. The van der Waals surface area contributed by atoms with Crippen LogP contribution in [-0.2, 0) is 4.79 Å². The van der Waals surface area contributed by atoms with Crippen molar-refractivity contribution in [3.8, 4) is 0 Å². The first-order valence-corrected chi connectivity index (χ1v) is 3.52. The van der Waals surface area contributed by atoms with Crippen molar-refractivity contribution in [3.05, 3.63) is 24.3 Å². The number of alkyl halides is 3. The van der Waals surface area contributed by atoms with Crippen molar-refractivity contribution in [3.63, 3.8) is 0 Å². The van der Waals surface area contributed by atoms with Crippen LogP contribution in [0.15, 0.2) is 24.3 Å². The van der Waals surface area contributed by atoms with Gasteiger partial charge in [-0.2, -0.15) is 13.2 Å². The number of carbonyl (C=O) groups excluding carboxylic acids is 1. The quantitative estimate of drug-likeness (QED) is 0.537. The molecule has 0 aliphatic rings. The minimum atomic E-state index is -4.44. The molecule has 13 heavy (non-hydrogen) atoms. The van der Waals surface area contributed by atoms with Crippen LogP contribution in [0.1, 0.15) is 6.92 Å². The van der Waals surface area contributed by atoms with E-state index >= 15 is 0 Å². The highest BCUT2D eigenvalue weighted by atomic mass is 19.4. The van der Waals surface area contributed by atoms with E-state index in [0.29, 0.717) is 6.08 Å². The molecule has 74 valence electrons. The van der Waals surface area contributed by atoms with E-state index in [4.69, 9.17) is 0 Å². The highest BCUT2D eigenvalue weighted by Crippen LogP contribution is 2.24. The van der Waals surface area contributed by atoms with E-state index in [1.807, 2.05) is 0 Å². The first-order valence-electron chi connectivity index (χ1n) is 3.52. The molecule has 0 aliphatic heterocycles. The van der Waals surface area contributed by atoms with E-state index in [1.54, 1.807) is 0 Å². The van der Waals surface area contributed by atoms with Gasteiger partial charge in [-0.1, -0.05) is 6.08 Å². The summed E-state index contributed by atoms with van der Waals surface area (Å²) in [5.41, 5.74) is -0.922. The normalized spacial score (nSPS) is 12.5. The van der Waals surface area contributed by atoms with Crippen LogP contribution in [0, 0.1) is 0 Å². The van der Waals surface area contributed by atoms with Crippen molar-refractivity contribution in [1.82, 2.24) is 5.32 Å². The first kappa shape index (κ1) is 11.7. The second-order valence-electron chi connectivity index (χ2n) is 2.36. The summed E-state index contributed by atoms with van der Waals surface area (Å²) in [5, 5.41) is 2.20. The maximum Gasteiger partial charge on any atom is 0.412 e. The predicted octanol–water partition coefficient (Wildman–Crippen LogP) is 1.80. The van der Waals surface area contributed by atoms with Crippen LogP contribution in [0.3, 0.4) is 0 Å². The molecule has 0 fully saturated rings. The third-order valence-corrected chi connectivity index (χ3v) is 1.22. The van der Waals surface area contributed by atoms with Gasteiger partial charge in [0.05, 0.1) is 0 Å². The first-order chi connectivity index (χ1) is 5.88. The molecule has 0 bridgehead atoms. The van der Waals surface area contributed by atoms with Crippen molar-refractivity contribution >= 4 is 5.91 Å². The molecular weight excluding hydrogens is 183 g/mol. The zero-order valence-corrected chi connectivity index (χ0v) is 7.11. The lowest BCUT2D eigenvalue weighted by molar-refractivity contribution is -0.117. The molecule has 1 amide bonds. The molecule has 5 heteroatoms. The van der Waals surface area contributed by atoms with Gasteiger partial charge in [-0.25, -0.2) is 0 Å². The van der Waals surface area contributed by atoms with E-state index in [9.17, 15) is 18.0 Å². The molecule has 0 aliphatic carbocycles. The Balaban J connectivity index is 4.22. The summed E-state index contributed by atoms with van der Waals surface area (Å²) in [4.78, 5) is 10.7. The molecule has 0 aromatic carbocycles. The summed E-state index contributed by atoms with van der Waals surface area (Å²) < 4.78 is 35.6. The largest absolute Gasteiger partial charge is 0.412 e. The standard InChI is InChI=1S/C8H10F3NO/c1-3-4-12-7(13)5-6(2)8(9,10)11/h3,5H,1,4H2,2H3,(H,12,13). The number of halogens is 3. The number of rotatable bonds is 3. The van der Waals surface area contributed by atoms with Gasteiger partial charge in [0.15, 0.2) is 0 Å². The summed E-state index contributed by atoms with van der Waals surface area (Å²) in [7, 11) is 0. The van der Waals surface area contributed by atoms with Crippen LogP contribution in [-0.4, -0.2) is 18.6 Å². The van der Waals surface area contributed by atoms with Gasteiger partial charge in [0.25, 0.3) is 0 Å². The second-order valence-corrected chi connectivity index (χ2v) is 2.36. The SMILES string of the molecule is C=CCNC(=O)C=C(C)C(F)(F)F. The lowest BCUT2D eigenvalue weighted by Crippen LogP contribution is -2.22. The van der Waals surface area contributed by atoms with Crippen LogP contribution in [0.5, 0.6) is 0 Å². The Bertz CT molecular complexity index is 230. The van der Waals surface area contributed by atoms with Gasteiger partial charge in [0.1, 0.15) is 0 Å². The number of hydrogen-bond acceptors (Lipinski definition) is 1. The lowest BCUT2D eigenvalue weighted by atomic mass is 10.2. The molecule has 2 nitrogen and oxygen atoms in total. The number of carbonyl (C=O) groups is 1. The second kappa shape index (κ2) is 4.69. The Morgan fingerprint density at radius 2 is 2.08 bits per heavy atom. The zero-order valence-electron chi connectivity index (χ0n) is 7.11. The molecule has 0 saturated heterocycles. The van der Waals surface area contributed by atoms with Crippen LogP contribution < -0.4 is 5.32 Å². The molecule has 0 atom stereocenters. The van der Waals surface area contributed by atoms with Crippen molar-refractivity contribution in [2.24, 2.45) is 0 Å². The summed E-state index contributed by atoms with van der Waals surface area (Å²) in [6, 6.07) is 0. The summed E-state index contributed by atoms with van der Waals surface area (Å²) in [6.45, 7) is 4.30. The van der Waals surface area contributed by atoms with Gasteiger partial charge in [-0.3, -0.25) is 4.79 Å². The average Bonchev–Trinajstić information content (AvgIpc) is 1.99. The van der Waals surface area contributed by atoms with E-state index in [0.717, 1.165) is 6.92 Å². The topological polar surface area (TPSA) is 29.1 Å². The molecular formula is C8H10F3NO.